The van der Waals surface area contributed by atoms with Crippen LogP contribution in [0.1, 0.15) is 23.0 Å². The zero-order valence-corrected chi connectivity index (χ0v) is 11.8. The van der Waals surface area contributed by atoms with Gasteiger partial charge in [0.1, 0.15) is 5.69 Å². The van der Waals surface area contributed by atoms with Gasteiger partial charge in [-0.25, -0.2) is 0 Å². The maximum atomic E-state index is 12.0. The van der Waals surface area contributed by atoms with Crippen molar-refractivity contribution < 1.29 is 4.79 Å². The minimum atomic E-state index is -0.303. The zero-order valence-electron chi connectivity index (χ0n) is 11.0. The van der Waals surface area contributed by atoms with E-state index >= 15 is 0 Å². The Morgan fingerprint density at radius 1 is 1.25 bits per heavy atom. The second-order valence-corrected chi connectivity index (χ2v) is 5.01. The van der Waals surface area contributed by atoms with E-state index in [0.717, 1.165) is 5.56 Å². The van der Waals surface area contributed by atoms with Crippen molar-refractivity contribution in [2.24, 2.45) is 0 Å². The summed E-state index contributed by atoms with van der Waals surface area (Å²) in [5.74, 6) is -0.303. The van der Waals surface area contributed by atoms with Crippen molar-refractivity contribution in [3.63, 3.8) is 0 Å². The maximum Gasteiger partial charge on any atom is 0.268 e. The normalized spacial score (nSPS) is 11.9. The largest absolute Gasteiger partial charge is 0.348 e. The first-order chi connectivity index (χ1) is 9.56. The number of nitrogens with one attached hydrogen (secondary N) is 2. The van der Waals surface area contributed by atoms with E-state index in [1.807, 2.05) is 31.2 Å². The highest BCUT2D eigenvalue weighted by molar-refractivity contribution is 6.31. The van der Waals surface area contributed by atoms with E-state index in [4.69, 9.17) is 11.6 Å². The molecule has 1 aromatic heterocycles. The summed E-state index contributed by atoms with van der Waals surface area (Å²) in [6, 6.07) is 11.9. The van der Waals surface area contributed by atoms with Crippen molar-refractivity contribution in [1.82, 2.24) is 10.3 Å². The first-order valence-electron chi connectivity index (χ1n) is 6.30. The molecule has 5 heteroatoms. The number of hydrogen-bond acceptors (Lipinski definition) is 2. The molecule has 0 aliphatic carbocycles. The van der Waals surface area contributed by atoms with Gasteiger partial charge in [-0.2, -0.15) is 0 Å². The smallest absolute Gasteiger partial charge is 0.268 e. The van der Waals surface area contributed by atoms with Crippen molar-refractivity contribution in [2.45, 2.75) is 19.4 Å². The Morgan fingerprint density at radius 2 is 2.00 bits per heavy atom. The fourth-order valence-electron chi connectivity index (χ4n) is 1.93. The molecule has 0 spiro atoms. The maximum absolute atomic E-state index is 12.0. The van der Waals surface area contributed by atoms with Gasteiger partial charge in [-0.3, -0.25) is 9.59 Å². The first-order valence-corrected chi connectivity index (χ1v) is 6.67. The number of rotatable bonds is 4. The number of aromatic amines is 1. The number of H-pyrrole nitrogens is 1. The van der Waals surface area contributed by atoms with Gasteiger partial charge >= 0.3 is 0 Å². The van der Waals surface area contributed by atoms with Crippen LogP contribution in [0.4, 0.5) is 0 Å². The predicted octanol–water partition coefficient (Wildman–Crippen LogP) is 2.39. The molecule has 20 heavy (non-hydrogen) atoms. The lowest BCUT2D eigenvalue weighted by atomic mass is 10.1. The average molecular weight is 291 g/mol. The van der Waals surface area contributed by atoms with Gasteiger partial charge in [0, 0.05) is 17.1 Å². The van der Waals surface area contributed by atoms with E-state index in [2.05, 4.69) is 10.3 Å². The van der Waals surface area contributed by atoms with Crippen LogP contribution in [0, 0.1) is 0 Å². The number of halogens is 1. The third-order valence-electron chi connectivity index (χ3n) is 2.87. The fourth-order valence-corrected chi connectivity index (χ4v) is 2.14. The van der Waals surface area contributed by atoms with Crippen LogP contribution in [0.15, 0.2) is 47.3 Å². The van der Waals surface area contributed by atoms with Gasteiger partial charge in [0.2, 0.25) is 5.56 Å². The molecule has 1 unspecified atom stereocenters. The van der Waals surface area contributed by atoms with E-state index in [1.54, 1.807) is 12.1 Å². The zero-order chi connectivity index (χ0) is 14.5. The predicted molar refractivity (Wildman–Crippen MR) is 79.1 cm³/mol. The van der Waals surface area contributed by atoms with Gasteiger partial charge in [0.25, 0.3) is 5.91 Å². The van der Waals surface area contributed by atoms with Gasteiger partial charge in [0.05, 0.1) is 0 Å². The van der Waals surface area contributed by atoms with Crippen molar-refractivity contribution in [3.05, 3.63) is 69.1 Å². The number of carbonyl (C=O) groups excluding carboxylic acids is 1. The van der Waals surface area contributed by atoms with Crippen LogP contribution in [0.25, 0.3) is 0 Å². The Morgan fingerprint density at radius 3 is 2.70 bits per heavy atom. The van der Waals surface area contributed by atoms with E-state index in [-0.39, 0.29) is 23.2 Å². The second kappa shape index (κ2) is 6.39. The Bertz CT molecular complexity index is 667. The van der Waals surface area contributed by atoms with Gasteiger partial charge in [-0.15, -0.1) is 0 Å². The molecule has 0 bridgehead atoms. The third kappa shape index (κ3) is 3.71. The Labute approximate surface area is 121 Å². The van der Waals surface area contributed by atoms with Crippen LogP contribution in [0.2, 0.25) is 5.02 Å². The van der Waals surface area contributed by atoms with Crippen LogP contribution in [0.5, 0.6) is 0 Å². The summed E-state index contributed by atoms with van der Waals surface area (Å²) in [5.41, 5.74) is 0.934. The Kier molecular flexibility index (Phi) is 4.58. The molecule has 1 heterocycles. The molecule has 2 N–H and O–H groups in total. The number of pyridine rings is 1. The minimum absolute atomic E-state index is 0.0916. The molecular formula is C15H15ClN2O2. The number of amides is 1. The monoisotopic (exact) mass is 290 g/mol. The topological polar surface area (TPSA) is 62.0 Å². The average Bonchev–Trinajstić information content (AvgIpc) is 2.41. The molecule has 2 rings (SSSR count). The lowest BCUT2D eigenvalue weighted by molar-refractivity contribution is 0.0935. The van der Waals surface area contributed by atoms with Crippen LogP contribution in [-0.4, -0.2) is 16.9 Å². The highest BCUT2D eigenvalue weighted by atomic mass is 35.5. The summed E-state index contributed by atoms with van der Waals surface area (Å²) >= 11 is 6.08. The number of carbonyl (C=O) groups is 1. The molecule has 1 aromatic carbocycles. The quantitative estimate of drug-likeness (QED) is 0.908. The summed E-state index contributed by atoms with van der Waals surface area (Å²) in [6.45, 7) is 1.89. The summed E-state index contributed by atoms with van der Waals surface area (Å²) in [7, 11) is 0. The molecule has 0 aliphatic rings. The van der Waals surface area contributed by atoms with Gasteiger partial charge in [-0.05, 0) is 31.0 Å². The number of aromatic nitrogens is 1. The summed E-state index contributed by atoms with van der Waals surface area (Å²) < 4.78 is 0. The summed E-state index contributed by atoms with van der Waals surface area (Å²) in [4.78, 5) is 25.6. The van der Waals surface area contributed by atoms with E-state index in [0.29, 0.717) is 11.4 Å². The van der Waals surface area contributed by atoms with Crippen LogP contribution >= 0.6 is 11.6 Å². The SMILES string of the molecule is CC(Cc1ccccc1Cl)NC(=O)c1cccc(=O)[nH]1. The molecule has 0 fully saturated rings. The number of hydrogen-bond donors (Lipinski definition) is 2. The van der Waals surface area contributed by atoms with Crippen molar-refractivity contribution in [2.75, 3.05) is 0 Å². The van der Waals surface area contributed by atoms with Gasteiger partial charge in [0.15, 0.2) is 0 Å². The molecule has 0 saturated heterocycles. The molecule has 2 aromatic rings. The Hall–Kier alpha value is -2.07. The molecular weight excluding hydrogens is 276 g/mol. The lowest BCUT2D eigenvalue weighted by Gasteiger charge is -2.14. The summed E-state index contributed by atoms with van der Waals surface area (Å²) in [6.07, 6.45) is 0.627. The summed E-state index contributed by atoms with van der Waals surface area (Å²) in [5, 5.41) is 3.51. The molecule has 1 amide bonds. The first kappa shape index (κ1) is 14.3. The van der Waals surface area contributed by atoms with E-state index in [1.165, 1.54) is 6.07 Å². The van der Waals surface area contributed by atoms with Crippen LogP contribution < -0.4 is 10.9 Å². The standard InChI is InChI=1S/C15H15ClN2O2/c1-10(9-11-5-2-3-6-12(11)16)17-15(20)13-7-4-8-14(19)18-13/h2-8,10H,9H2,1H3,(H,17,20)(H,18,19). The highest BCUT2D eigenvalue weighted by Crippen LogP contribution is 2.16. The van der Waals surface area contributed by atoms with Crippen LogP contribution in [-0.2, 0) is 6.42 Å². The highest BCUT2D eigenvalue weighted by Gasteiger charge is 2.12. The minimum Gasteiger partial charge on any atom is -0.348 e. The Balaban J connectivity index is 2.01. The second-order valence-electron chi connectivity index (χ2n) is 4.60. The van der Waals surface area contributed by atoms with Crippen LogP contribution in [0.3, 0.4) is 0 Å². The molecule has 0 radical (unpaired) electrons. The molecule has 104 valence electrons. The fraction of sp³-hybridized carbons (Fsp3) is 0.200. The van der Waals surface area contributed by atoms with Crippen molar-refractivity contribution in [3.8, 4) is 0 Å². The molecule has 1 atom stereocenters. The van der Waals surface area contributed by atoms with E-state index < -0.39 is 0 Å². The molecule has 4 nitrogen and oxygen atoms in total. The van der Waals surface area contributed by atoms with E-state index in [9.17, 15) is 9.59 Å². The van der Waals surface area contributed by atoms with Gasteiger partial charge < -0.3 is 10.3 Å². The molecule has 0 aliphatic heterocycles. The van der Waals surface area contributed by atoms with Crippen molar-refractivity contribution >= 4 is 17.5 Å². The molecule has 0 saturated carbocycles. The van der Waals surface area contributed by atoms with Gasteiger partial charge in [-0.1, -0.05) is 35.9 Å². The van der Waals surface area contributed by atoms with Crippen molar-refractivity contribution in [1.29, 1.82) is 0 Å². The lowest BCUT2D eigenvalue weighted by Crippen LogP contribution is -2.35. The third-order valence-corrected chi connectivity index (χ3v) is 3.24. The number of benzene rings is 1.